The Morgan fingerprint density at radius 3 is 2.27 bits per heavy atom. The molecule has 1 aliphatic rings. The molecule has 12 heteroatoms. The highest BCUT2D eigenvalue weighted by Crippen LogP contribution is 2.38. The zero-order valence-corrected chi connectivity index (χ0v) is 22.7. The molecule has 1 aromatic heterocycles. The smallest absolute Gasteiger partial charge is 0.387 e. The molecular formula is C28H25Cl2F2NO7. The highest BCUT2D eigenvalue weighted by molar-refractivity contribution is 6.35. The number of halogens is 4. The number of carbonyl (C=O) groups is 2. The molecule has 0 radical (unpaired) electrons. The normalized spacial score (nSPS) is 14.3. The molecule has 4 rings (SSSR count). The van der Waals surface area contributed by atoms with Crippen molar-refractivity contribution in [2.75, 3.05) is 6.61 Å². The van der Waals surface area contributed by atoms with Crippen LogP contribution in [0.15, 0.2) is 60.9 Å². The molecule has 1 aliphatic carbocycles. The van der Waals surface area contributed by atoms with E-state index in [-0.39, 0.29) is 28.0 Å². The Morgan fingerprint density at radius 2 is 1.68 bits per heavy atom. The van der Waals surface area contributed by atoms with Gasteiger partial charge in [0.2, 0.25) is 6.10 Å². The van der Waals surface area contributed by atoms with E-state index in [1.54, 1.807) is 30.3 Å². The maximum absolute atomic E-state index is 13.4. The van der Waals surface area contributed by atoms with Gasteiger partial charge >= 0.3 is 18.6 Å². The summed E-state index contributed by atoms with van der Waals surface area (Å²) in [6, 6.07) is 12.4. The molecule has 3 aromatic rings. The second-order valence-electron chi connectivity index (χ2n) is 9.16. The highest BCUT2D eigenvalue weighted by atomic mass is 35.5. The first-order valence-electron chi connectivity index (χ1n) is 12.3. The number of rotatable bonds is 12. The molecule has 0 N–H and O–H groups in total. The first-order valence-corrected chi connectivity index (χ1v) is 13.1. The minimum absolute atomic E-state index is 0.0194. The van der Waals surface area contributed by atoms with Crippen LogP contribution >= 0.6 is 23.2 Å². The number of carbonyl (C=O) groups excluding carboxylic acids is 2. The molecule has 212 valence electrons. The monoisotopic (exact) mass is 595 g/mol. The number of aromatic nitrogens is 1. The second kappa shape index (κ2) is 13.1. The maximum Gasteiger partial charge on any atom is 0.387 e. The van der Waals surface area contributed by atoms with Crippen molar-refractivity contribution in [3.05, 3.63) is 92.9 Å². The maximum atomic E-state index is 13.4. The summed E-state index contributed by atoms with van der Waals surface area (Å²) in [4.78, 5) is 25.2. The fraction of sp³-hybridized carbons (Fsp3) is 0.321. The Kier molecular flexibility index (Phi) is 9.65. The van der Waals surface area contributed by atoms with Crippen molar-refractivity contribution < 1.29 is 42.0 Å². The van der Waals surface area contributed by atoms with E-state index in [1.165, 1.54) is 18.2 Å². The van der Waals surface area contributed by atoms with Crippen molar-refractivity contribution in [3.8, 4) is 11.5 Å². The standard InChI is InChI=1S/C28H25Cl2F2NO7/c1-16(34)38-26(18-5-3-2-4-6-18)27(35)39-24(12-20-21(29)13-33(36)14-22(20)30)19-9-10-23(40-28(31)32)25(11-19)37-15-17-7-8-17/h2-6,9-11,13-14,17,24,26,28H,7-8,12,15H2,1H3. The van der Waals surface area contributed by atoms with Gasteiger partial charge in [-0.2, -0.15) is 13.5 Å². The molecule has 8 nitrogen and oxygen atoms in total. The van der Waals surface area contributed by atoms with Gasteiger partial charge in [0.1, 0.15) is 16.1 Å². The third-order valence-electron chi connectivity index (χ3n) is 6.03. The molecule has 0 bridgehead atoms. The fourth-order valence-electron chi connectivity index (χ4n) is 3.91. The summed E-state index contributed by atoms with van der Waals surface area (Å²) in [6.07, 6.45) is 1.51. The van der Waals surface area contributed by atoms with Crippen LogP contribution in [0, 0.1) is 11.1 Å². The van der Waals surface area contributed by atoms with Crippen molar-refractivity contribution in [1.82, 2.24) is 0 Å². The van der Waals surface area contributed by atoms with E-state index >= 15 is 0 Å². The Bertz CT molecular complexity index is 1330. The van der Waals surface area contributed by atoms with Gasteiger partial charge in [-0.05, 0) is 36.5 Å². The molecule has 1 saturated carbocycles. The number of esters is 2. The van der Waals surface area contributed by atoms with Crippen LogP contribution in [0.1, 0.15) is 48.7 Å². The van der Waals surface area contributed by atoms with Crippen LogP contribution in [-0.2, 0) is 25.5 Å². The number of ether oxygens (including phenoxy) is 4. The number of hydrogen-bond acceptors (Lipinski definition) is 7. The Balaban J connectivity index is 1.71. The quantitative estimate of drug-likeness (QED) is 0.141. The average Bonchev–Trinajstić information content (AvgIpc) is 3.72. The van der Waals surface area contributed by atoms with Crippen LogP contribution in [0.5, 0.6) is 11.5 Å². The Morgan fingerprint density at radius 1 is 1.00 bits per heavy atom. The topological polar surface area (TPSA) is 98.0 Å². The molecule has 2 atom stereocenters. The third-order valence-corrected chi connectivity index (χ3v) is 6.68. The van der Waals surface area contributed by atoms with Crippen LogP contribution in [0.4, 0.5) is 8.78 Å². The lowest BCUT2D eigenvalue weighted by Gasteiger charge is -2.24. The molecule has 0 aliphatic heterocycles. The number of hydrogen-bond donors (Lipinski definition) is 0. The van der Waals surface area contributed by atoms with Gasteiger partial charge in [0, 0.05) is 24.5 Å². The summed E-state index contributed by atoms with van der Waals surface area (Å²) >= 11 is 12.6. The average molecular weight is 596 g/mol. The van der Waals surface area contributed by atoms with Crippen molar-refractivity contribution in [3.63, 3.8) is 0 Å². The van der Waals surface area contributed by atoms with Gasteiger partial charge in [-0.25, -0.2) is 4.79 Å². The molecule has 0 amide bonds. The van der Waals surface area contributed by atoms with Crippen LogP contribution in [0.3, 0.4) is 0 Å². The molecular weight excluding hydrogens is 571 g/mol. The van der Waals surface area contributed by atoms with Gasteiger partial charge in [0.15, 0.2) is 23.9 Å². The summed E-state index contributed by atoms with van der Waals surface area (Å²) in [5, 5.41) is 11.8. The molecule has 1 heterocycles. The van der Waals surface area contributed by atoms with Crippen LogP contribution in [-0.4, -0.2) is 25.2 Å². The largest absolute Gasteiger partial charge is 0.619 e. The summed E-state index contributed by atoms with van der Waals surface area (Å²) in [6.45, 7) is -1.62. The van der Waals surface area contributed by atoms with E-state index < -0.39 is 30.8 Å². The fourth-order valence-corrected chi connectivity index (χ4v) is 4.51. The lowest BCUT2D eigenvalue weighted by Crippen LogP contribution is -2.26. The number of benzene rings is 2. The van der Waals surface area contributed by atoms with Crippen molar-refractivity contribution in [1.29, 1.82) is 0 Å². The number of pyridine rings is 1. The molecule has 0 saturated heterocycles. The summed E-state index contributed by atoms with van der Waals surface area (Å²) in [5.74, 6) is -1.45. The highest BCUT2D eigenvalue weighted by Gasteiger charge is 2.31. The van der Waals surface area contributed by atoms with Crippen molar-refractivity contribution >= 4 is 35.1 Å². The third kappa shape index (κ3) is 7.95. The molecule has 0 spiro atoms. The molecule has 2 unspecified atom stereocenters. The van der Waals surface area contributed by atoms with E-state index in [9.17, 15) is 23.6 Å². The lowest BCUT2D eigenvalue weighted by molar-refractivity contribution is -0.605. The van der Waals surface area contributed by atoms with Gasteiger partial charge in [-0.1, -0.05) is 59.6 Å². The van der Waals surface area contributed by atoms with E-state index in [2.05, 4.69) is 4.74 Å². The summed E-state index contributed by atoms with van der Waals surface area (Å²) in [7, 11) is 0. The Labute approximate surface area is 238 Å². The van der Waals surface area contributed by atoms with Gasteiger partial charge in [-0.3, -0.25) is 4.79 Å². The predicted octanol–water partition coefficient (Wildman–Crippen LogP) is 6.15. The summed E-state index contributed by atoms with van der Waals surface area (Å²) < 4.78 is 48.1. The van der Waals surface area contributed by atoms with E-state index in [4.69, 9.17) is 37.4 Å². The van der Waals surface area contributed by atoms with Crippen molar-refractivity contribution in [2.24, 2.45) is 5.92 Å². The van der Waals surface area contributed by atoms with Crippen LogP contribution in [0.2, 0.25) is 10.0 Å². The van der Waals surface area contributed by atoms with Gasteiger partial charge in [0.25, 0.3) is 0 Å². The Hall–Kier alpha value is -3.63. The zero-order chi connectivity index (χ0) is 28.8. The minimum atomic E-state index is -3.08. The summed E-state index contributed by atoms with van der Waals surface area (Å²) in [5.41, 5.74) is 1.01. The zero-order valence-electron chi connectivity index (χ0n) is 21.2. The van der Waals surface area contributed by atoms with Crippen molar-refractivity contribution in [2.45, 2.75) is 45.0 Å². The van der Waals surface area contributed by atoms with E-state index in [0.717, 1.165) is 32.2 Å². The lowest BCUT2D eigenvalue weighted by atomic mass is 10.0. The van der Waals surface area contributed by atoms with Gasteiger partial charge in [-0.15, -0.1) is 0 Å². The first kappa shape index (κ1) is 29.4. The first-order chi connectivity index (χ1) is 19.1. The molecule has 40 heavy (non-hydrogen) atoms. The van der Waals surface area contributed by atoms with Gasteiger partial charge in [0.05, 0.1) is 6.61 Å². The molecule has 2 aromatic carbocycles. The number of nitrogens with zero attached hydrogens (tertiary/aromatic N) is 1. The van der Waals surface area contributed by atoms with Crippen LogP contribution in [0.25, 0.3) is 0 Å². The molecule has 1 fully saturated rings. The minimum Gasteiger partial charge on any atom is -0.619 e. The number of alkyl halides is 2. The van der Waals surface area contributed by atoms with E-state index in [0.29, 0.717) is 33.9 Å². The second-order valence-corrected chi connectivity index (χ2v) is 9.98. The van der Waals surface area contributed by atoms with E-state index in [1.807, 2.05) is 0 Å². The van der Waals surface area contributed by atoms with Gasteiger partial charge < -0.3 is 24.2 Å². The van der Waals surface area contributed by atoms with Crippen LogP contribution < -0.4 is 14.2 Å². The SMILES string of the molecule is CC(=O)OC(C(=O)OC(Cc1c(Cl)c[n+]([O-])cc1Cl)c1ccc(OC(F)F)c(OCC2CC2)c1)c1ccccc1. The predicted molar refractivity (Wildman–Crippen MR) is 140 cm³/mol.